The number of carbonyl (C=O) groups is 1. The van der Waals surface area contributed by atoms with Gasteiger partial charge in [-0.2, -0.15) is 0 Å². The molecule has 1 amide bonds. The normalized spacial score (nSPS) is 16.3. The third-order valence-electron chi connectivity index (χ3n) is 6.64. The summed E-state index contributed by atoms with van der Waals surface area (Å²) in [7, 11) is 0. The van der Waals surface area contributed by atoms with Crippen molar-refractivity contribution in [2.75, 3.05) is 13.1 Å². The number of imidazole rings is 1. The number of aromatic amines is 2. The lowest BCUT2D eigenvalue weighted by atomic mass is 10.0. The van der Waals surface area contributed by atoms with E-state index in [4.69, 9.17) is 0 Å². The van der Waals surface area contributed by atoms with Gasteiger partial charge in [0.25, 0.3) is 5.91 Å². The fourth-order valence-corrected chi connectivity index (χ4v) is 5.03. The van der Waals surface area contributed by atoms with Crippen molar-refractivity contribution in [2.24, 2.45) is 0 Å². The van der Waals surface area contributed by atoms with E-state index in [0.29, 0.717) is 40.9 Å². The van der Waals surface area contributed by atoms with Crippen molar-refractivity contribution in [3.8, 4) is 11.1 Å². The molecule has 2 N–H and O–H groups in total. The Morgan fingerprint density at radius 3 is 2.57 bits per heavy atom. The van der Waals surface area contributed by atoms with Crippen molar-refractivity contribution in [3.63, 3.8) is 0 Å². The second-order valence-corrected chi connectivity index (χ2v) is 8.84. The van der Waals surface area contributed by atoms with Crippen LogP contribution in [0.25, 0.3) is 33.2 Å². The molecule has 3 aromatic heterocycles. The third-order valence-corrected chi connectivity index (χ3v) is 6.64. The quantitative estimate of drug-likeness (QED) is 0.401. The summed E-state index contributed by atoms with van der Waals surface area (Å²) < 4.78 is 28.9. The van der Waals surface area contributed by atoms with E-state index >= 15 is 0 Å². The molecule has 2 aromatic carbocycles. The second-order valence-electron chi connectivity index (χ2n) is 8.84. The number of nitrogens with zero attached hydrogens (tertiary/aromatic N) is 3. The summed E-state index contributed by atoms with van der Waals surface area (Å²) in [4.78, 5) is 38.2. The van der Waals surface area contributed by atoms with Crippen LogP contribution in [0.5, 0.6) is 0 Å². The molecule has 0 spiro atoms. The van der Waals surface area contributed by atoms with Crippen LogP contribution in [0, 0.1) is 11.6 Å². The predicted octanol–water partition coefficient (Wildman–Crippen LogP) is 4.63. The van der Waals surface area contributed by atoms with Crippen molar-refractivity contribution < 1.29 is 13.6 Å². The number of pyridine rings is 1. The Morgan fingerprint density at radius 2 is 1.80 bits per heavy atom. The highest BCUT2D eigenvalue weighted by molar-refractivity contribution is 6.01. The summed E-state index contributed by atoms with van der Waals surface area (Å²) in [5.74, 6) is -1.45. The standard InChI is InChI=1S/C26H21F2N5O2/c27-18-10-17(11-19(28)12-18)15-3-5-16(6-4-15)25(34)32-9-1-2-20(14-32)33-23-21-7-8-29-24(21)30-13-22(23)31-26(33)35/h3-8,10-13,20H,1-2,9,14H2,(H,29,30)(H,31,35)/t20-/m1/s1. The predicted molar refractivity (Wildman–Crippen MR) is 128 cm³/mol. The number of benzene rings is 2. The second kappa shape index (κ2) is 8.19. The van der Waals surface area contributed by atoms with Crippen LogP contribution in [0.3, 0.4) is 0 Å². The molecule has 5 aromatic rings. The highest BCUT2D eigenvalue weighted by Gasteiger charge is 2.28. The number of aromatic nitrogens is 4. The van der Waals surface area contributed by atoms with Gasteiger partial charge in [-0.25, -0.2) is 18.6 Å². The van der Waals surface area contributed by atoms with E-state index in [2.05, 4.69) is 15.0 Å². The van der Waals surface area contributed by atoms with E-state index in [1.165, 1.54) is 12.1 Å². The van der Waals surface area contributed by atoms with Crippen molar-refractivity contribution in [2.45, 2.75) is 18.9 Å². The summed E-state index contributed by atoms with van der Waals surface area (Å²) in [6, 6.07) is 11.7. The van der Waals surface area contributed by atoms with Crippen LogP contribution in [0.15, 0.2) is 65.7 Å². The summed E-state index contributed by atoms with van der Waals surface area (Å²) >= 11 is 0. The van der Waals surface area contributed by atoms with Gasteiger partial charge in [-0.15, -0.1) is 0 Å². The van der Waals surface area contributed by atoms with Gasteiger partial charge in [0.1, 0.15) is 17.3 Å². The lowest BCUT2D eigenvalue weighted by molar-refractivity contribution is 0.0680. The van der Waals surface area contributed by atoms with E-state index < -0.39 is 11.6 Å². The minimum absolute atomic E-state index is 0.145. The van der Waals surface area contributed by atoms with Gasteiger partial charge in [0, 0.05) is 36.3 Å². The van der Waals surface area contributed by atoms with Gasteiger partial charge in [0.05, 0.1) is 23.3 Å². The van der Waals surface area contributed by atoms with Gasteiger partial charge in [0.2, 0.25) is 0 Å². The first-order valence-electron chi connectivity index (χ1n) is 11.4. The molecule has 9 heteroatoms. The molecule has 176 valence electrons. The molecular weight excluding hydrogens is 452 g/mol. The number of H-pyrrole nitrogens is 2. The maximum Gasteiger partial charge on any atom is 0.326 e. The molecule has 0 bridgehead atoms. The van der Waals surface area contributed by atoms with Crippen LogP contribution < -0.4 is 5.69 Å². The number of piperidine rings is 1. The summed E-state index contributed by atoms with van der Waals surface area (Å²) in [6.45, 7) is 0.987. The van der Waals surface area contributed by atoms with Gasteiger partial charge >= 0.3 is 5.69 Å². The highest BCUT2D eigenvalue weighted by atomic mass is 19.1. The van der Waals surface area contributed by atoms with Crippen LogP contribution in [0.4, 0.5) is 8.78 Å². The molecule has 1 atom stereocenters. The van der Waals surface area contributed by atoms with Crippen molar-refractivity contribution in [1.29, 1.82) is 0 Å². The van der Waals surface area contributed by atoms with E-state index in [1.807, 2.05) is 6.07 Å². The lowest BCUT2D eigenvalue weighted by Gasteiger charge is -2.33. The zero-order chi connectivity index (χ0) is 24.1. The van der Waals surface area contributed by atoms with Crippen molar-refractivity contribution >= 4 is 28.0 Å². The number of amides is 1. The summed E-state index contributed by atoms with van der Waals surface area (Å²) in [5.41, 5.74) is 3.43. The molecule has 0 saturated carbocycles. The van der Waals surface area contributed by atoms with E-state index in [-0.39, 0.29) is 17.6 Å². The number of hydrogen-bond acceptors (Lipinski definition) is 3. The monoisotopic (exact) mass is 473 g/mol. The first-order chi connectivity index (χ1) is 17.0. The van der Waals surface area contributed by atoms with Gasteiger partial charge in [-0.1, -0.05) is 12.1 Å². The van der Waals surface area contributed by atoms with Crippen LogP contribution in [0.1, 0.15) is 29.2 Å². The zero-order valence-corrected chi connectivity index (χ0v) is 18.6. The maximum atomic E-state index is 13.6. The number of hydrogen-bond donors (Lipinski definition) is 2. The highest BCUT2D eigenvalue weighted by Crippen LogP contribution is 2.29. The van der Waals surface area contributed by atoms with Gasteiger partial charge < -0.3 is 14.9 Å². The molecule has 1 aliphatic heterocycles. The molecule has 1 aliphatic rings. The minimum atomic E-state index is -0.653. The van der Waals surface area contributed by atoms with Gasteiger partial charge in [-0.05, 0) is 54.3 Å². The maximum absolute atomic E-state index is 13.6. The number of carbonyl (C=O) groups excluding carboxylic acids is 1. The van der Waals surface area contributed by atoms with Crippen LogP contribution >= 0.6 is 0 Å². The molecule has 6 rings (SSSR count). The average Bonchev–Trinajstić information content (AvgIpc) is 3.46. The fourth-order valence-electron chi connectivity index (χ4n) is 5.03. The van der Waals surface area contributed by atoms with Crippen LogP contribution in [0.2, 0.25) is 0 Å². The molecule has 1 saturated heterocycles. The molecule has 0 unspecified atom stereocenters. The Labute approximate surface area is 198 Å². The Hall–Kier alpha value is -4.27. The van der Waals surface area contributed by atoms with E-state index in [9.17, 15) is 18.4 Å². The van der Waals surface area contributed by atoms with Gasteiger partial charge in [-0.3, -0.25) is 9.36 Å². The molecular formula is C26H21F2N5O2. The van der Waals surface area contributed by atoms with Crippen molar-refractivity contribution in [3.05, 3.63) is 88.6 Å². The van der Waals surface area contributed by atoms with Gasteiger partial charge in [0.15, 0.2) is 0 Å². The third kappa shape index (κ3) is 3.69. The number of fused-ring (bicyclic) bond motifs is 3. The lowest BCUT2D eigenvalue weighted by Crippen LogP contribution is -2.42. The van der Waals surface area contributed by atoms with E-state index in [0.717, 1.165) is 29.8 Å². The Morgan fingerprint density at radius 1 is 1.03 bits per heavy atom. The fraction of sp³-hybridized carbons (Fsp3) is 0.192. The number of rotatable bonds is 3. The smallest absolute Gasteiger partial charge is 0.326 e. The van der Waals surface area contributed by atoms with E-state index in [1.54, 1.807) is 46.1 Å². The Balaban J connectivity index is 1.28. The number of nitrogens with one attached hydrogen (secondary N) is 2. The summed E-state index contributed by atoms with van der Waals surface area (Å²) in [5, 5.41) is 0.855. The number of likely N-dealkylation sites (tertiary alicyclic amines) is 1. The van der Waals surface area contributed by atoms with Crippen LogP contribution in [-0.4, -0.2) is 43.4 Å². The molecule has 35 heavy (non-hydrogen) atoms. The van der Waals surface area contributed by atoms with Crippen LogP contribution in [-0.2, 0) is 0 Å². The molecule has 7 nitrogen and oxygen atoms in total. The summed E-state index contributed by atoms with van der Waals surface area (Å²) in [6.07, 6.45) is 4.97. The molecule has 4 heterocycles. The topological polar surface area (TPSA) is 86.8 Å². The number of halogens is 2. The minimum Gasteiger partial charge on any atom is -0.346 e. The average molecular weight is 473 g/mol. The SMILES string of the molecule is O=C(c1ccc(-c2cc(F)cc(F)c2)cc1)N1CCC[C@@H](n2c(=O)[nH]c3cnc4[nH]ccc4c32)C1. The molecule has 1 fully saturated rings. The first kappa shape index (κ1) is 21.3. The molecule has 0 aliphatic carbocycles. The Kier molecular flexibility index (Phi) is 4.98. The largest absolute Gasteiger partial charge is 0.346 e. The Bertz CT molecular complexity index is 1610. The van der Waals surface area contributed by atoms with Crippen molar-refractivity contribution in [1.82, 2.24) is 24.4 Å². The zero-order valence-electron chi connectivity index (χ0n) is 18.6. The molecule has 0 radical (unpaired) electrons. The first-order valence-corrected chi connectivity index (χ1v) is 11.4.